The molecule has 0 N–H and O–H groups in total. The van der Waals surface area contributed by atoms with Crippen molar-refractivity contribution in [3.05, 3.63) is 11.1 Å². The fourth-order valence-corrected chi connectivity index (χ4v) is 2.92. The molecule has 1 heteroatoms. The van der Waals surface area contributed by atoms with Crippen molar-refractivity contribution in [3.63, 3.8) is 0 Å². The van der Waals surface area contributed by atoms with Crippen molar-refractivity contribution in [2.45, 2.75) is 34.1 Å². The minimum atomic E-state index is 0.297. The molecule has 0 amide bonds. The SMILES string of the molecule is CC(=O)C1=C(C)C[C@H]2[C@@H]1C2(C)C. The summed E-state index contributed by atoms with van der Waals surface area (Å²) >= 11 is 0. The van der Waals surface area contributed by atoms with E-state index in [4.69, 9.17) is 0 Å². The van der Waals surface area contributed by atoms with Gasteiger partial charge in [0.25, 0.3) is 0 Å². The highest BCUT2D eigenvalue weighted by molar-refractivity contribution is 5.96. The second kappa shape index (κ2) is 2.01. The van der Waals surface area contributed by atoms with E-state index in [-0.39, 0.29) is 0 Å². The zero-order valence-electron chi connectivity index (χ0n) is 8.27. The Bertz CT molecular complexity index is 283. The average Bonchev–Trinajstić information content (AvgIpc) is 2.40. The third-order valence-electron chi connectivity index (χ3n) is 3.73. The fourth-order valence-electron chi connectivity index (χ4n) is 2.92. The van der Waals surface area contributed by atoms with Crippen LogP contribution in [0.2, 0.25) is 0 Å². The van der Waals surface area contributed by atoms with Crippen molar-refractivity contribution < 1.29 is 4.79 Å². The molecule has 1 fully saturated rings. The first-order valence-electron chi connectivity index (χ1n) is 4.67. The first-order chi connectivity index (χ1) is 5.46. The van der Waals surface area contributed by atoms with E-state index in [1.165, 1.54) is 5.57 Å². The second-order valence-electron chi connectivity index (χ2n) is 4.86. The molecule has 0 aromatic carbocycles. The smallest absolute Gasteiger partial charge is 0.156 e. The van der Waals surface area contributed by atoms with Gasteiger partial charge in [0.05, 0.1) is 0 Å². The lowest BCUT2D eigenvalue weighted by molar-refractivity contribution is -0.113. The van der Waals surface area contributed by atoms with Gasteiger partial charge in [-0.15, -0.1) is 0 Å². The molecule has 0 saturated heterocycles. The number of ketones is 1. The summed E-state index contributed by atoms with van der Waals surface area (Å²) in [5.74, 6) is 1.66. The van der Waals surface area contributed by atoms with Crippen LogP contribution in [0.1, 0.15) is 34.1 Å². The quantitative estimate of drug-likeness (QED) is 0.582. The number of rotatable bonds is 1. The highest BCUT2D eigenvalue weighted by Crippen LogP contribution is 2.68. The van der Waals surface area contributed by atoms with Crippen LogP contribution in [0, 0.1) is 17.3 Å². The number of fused-ring (bicyclic) bond motifs is 1. The lowest BCUT2D eigenvalue weighted by Crippen LogP contribution is -2.05. The highest BCUT2D eigenvalue weighted by atomic mass is 16.1. The second-order valence-corrected chi connectivity index (χ2v) is 4.86. The molecule has 2 rings (SSSR count). The van der Waals surface area contributed by atoms with E-state index in [1.807, 2.05) is 0 Å². The van der Waals surface area contributed by atoms with E-state index in [2.05, 4.69) is 20.8 Å². The van der Waals surface area contributed by atoms with E-state index >= 15 is 0 Å². The van der Waals surface area contributed by atoms with E-state index in [9.17, 15) is 4.79 Å². The normalized spacial score (nSPS) is 36.7. The standard InChI is InChI=1S/C11H16O/c1-6-5-8-10(11(8,3)4)9(6)7(2)12/h8,10H,5H2,1-4H3/t8-,10-/m0/s1. The van der Waals surface area contributed by atoms with Gasteiger partial charge in [0.2, 0.25) is 0 Å². The molecule has 0 aromatic heterocycles. The van der Waals surface area contributed by atoms with Crippen LogP contribution in [0.3, 0.4) is 0 Å². The summed E-state index contributed by atoms with van der Waals surface area (Å²) in [6, 6.07) is 0. The molecule has 1 saturated carbocycles. The zero-order valence-corrected chi connectivity index (χ0v) is 8.27. The van der Waals surface area contributed by atoms with E-state index in [0.717, 1.165) is 17.9 Å². The molecule has 0 spiro atoms. The van der Waals surface area contributed by atoms with Crippen LogP contribution in [0.4, 0.5) is 0 Å². The minimum absolute atomic E-state index is 0.297. The molecule has 0 heterocycles. The summed E-state index contributed by atoms with van der Waals surface area (Å²) in [5, 5.41) is 0. The van der Waals surface area contributed by atoms with Crippen LogP contribution in [0.5, 0.6) is 0 Å². The summed E-state index contributed by atoms with van der Waals surface area (Å²) in [6.07, 6.45) is 1.16. The van der Waals surface area contributed by atoms with E-state index in [1.54, 1.807) is 6.92 Å². The lowest BCUT2D eigenvalue weighted by atomic mass is 9.94. The van der Waals surface area contributed by atoms with Gasteiger partial charge in [-0.2, -0.15) is 0 Å². The van der Waals surface area contributed by atoms with Gasteiger partial charge < -0.3 is 0 Å². The number of carbonyl (C=O) groups excluding carboxylic acids is 1. The van der Waals surface area contributed by atoms with Crippen LogP contribution in [-0.2, 0) is 4.79 Å². The predicted octanol–water partition coefficient (Wildman–Crippen LogP) is 2.57. The van der Waals surface area contributed by atoms with Crippen molar-refractivity contribution >= 4 is 5.78 Å². The molecule has 0 radical (unpaired) electrons. The van der Waals surface area contributed by atoms with Gasteiger partial charge in [-0.25, -0.2) is 0 Å². The number of hydrogen-bond donors (Lipinski definition) is 0. The maximum absolute atomic E-state index is 11.3. The van der Waals surface area contributed by atoms with Gasteiger partial charge in [-0.3, -0.25) is 4.79 Å². The fraction of sp³-hybridized carbons (Fsp3) is 0.727. The summed E-state index contributed by atoms with van der Waals surface area (Å²) in [4.78, 5) is 11.3. The minimum Gasteiger partial charge on any atom is -0.295 e. The summed E-state index contributed by atoms with van der Waals surface area (Å²) < 4.78 is 0. The Balaban J connectivity index is 2.33. The lowest BCUT2D eigenvalue weighted by Gasteiger charge is -2.10. The van der Waals surface area contributed by atoms with Gasteiger partial charge in [-0.1, -0.05) is 19.4 Å². The van der Waals surface area contributed by atoms with Gasteiger partial charge in [-0.05, 0) is 43.1 Å². The number of Topliss-reactive ketones (excluding diaryl/α,β-unsaturated/α-hetero) is 1. The monoisotopic (exact) mass is 164 g/mol. The molecule has 66 valence electrons. The van der Waals surface area contributed by atoms with Gasteiger partial charge >= 0.3 is 0 Å². The van der Waals surface area contributed by atoms with Crippen LogP contribution in [-0.4, -0.2) is 5.78 Å². The highest BCUT2D eigenvalue weighted by Gasteiger charge is 2.62. The summed E-state index contributed by atoms with van der Waals surface area (Å²) in [6.45, 7) is 8.37. The zero-order chi connectivity index (χ0) is 9.09. The largest absolute Gasteiger partial charge is 0.295 e. The van der Waals surface area contributed by atoms with E-state index in [0.29, 0.717) is 17.1 Å². The Morgan fingerprint density at radius 1 is 1.50 bits per heavy atom. The van der Waals surface area contributed by atoms with Crippen molar-refractivity contribution in [1.82, 2.24) is 0 Å². The van der Waals surface area contributed by atoms with Crippen LogP contribution in [0.15, 0.2) is 11.1 Å². The molecule has 1 nitrogen and oxygen atoms in total. The average molecular weight is 164 g/mol. The third kappa shape index (κ3) is 0.769. The Labute approximate surface area is 73.8 Å². The summed E-state index contributed by atoms with van der Waals surface area (Å²) in [7, 11) is 0. The molecular formula is C11H16O. The molecular weight excluding hydrogens is 148 g/mol. The topological polar surface area (TPSA) is 17.1 Å². The number of hydrogen-bond acceptors (Lipinski definition) is 1. The molecule has 2 atom stereocenters. The first-order valence-corrected chi connectivity index (χ1v) is 4.67. The molecule has 0 bridgehead atoms. The first kappa shape index (κ1) is 8.03. The van der Waals surface area contributed by atoms with Crippen molar-refractivity contribution in [2.75, 3.05) is 0 Å². The predicted molar refractivity (Wildman–Crippen MR) is 48.8 cm³/mol. The van der Waals surface area contributed by atoms with Gasteiger partial charge in [0, 0.05) is 0 Å². The molecule has 12 heavy (non-hydrogen) atoms. The van der Waals surface area contributed by atoms with Crippen LogP contribution in [0.25, 0.3) is 0 Å². The van der Waals surface area contributed by atoms with Crippen molar-refractivity contribution in [2.24, 2.45) is 17.3 Å². The molecule has 0 aliphatic heterocycles. The molecule has 2 aliphatic rings. The van der Waals surface area contributed by atoms with Crippen molar-refractivity contribution in [1.29, 1.82) is 0 Å². The molecule has 2 aliphatic carbocycles. The van der Waals surface area contributed by atoms with Crippen LogP contribution >= 0.6 is 0 Å². The number of carbonyl (C=O) groups is 1. The Hall–Kier alpha value is -0.590. The van der Waals surface area contributed by atoms with Gasteiger partial charge in [0.15, 0.2) is 5.78 Å². The Morgan fingerprint density at radius 3 is 2.42 bits per heavy atom. The Kier molecular flexibility index (Phi) is 1.35. The molecule has 0 aromatic rings. The van der Waals surface area contributed by atoms with E-state index < -0.39 is 0 Å². The summed E-state index contributed by atoms with van der Waals surface area (Å²) in [5.41, 5.74) is 2.90. The van der Waals surface area contributed by atoms with Crippen molar-refractivity contribution in [3.8, 4) is 0 Å². The van der Waals surface area contributed by atoms with Gasteiger partial charge in [0.1, 0.15) is 0 Å². The number of allylic oxidation sites excluding steroid dienone is 2. The van der Waals surface area contributed by atoms with Crippen LogP contribution < -0.4 is 0 Å². The maximum Gasteiger partial charge on any atom is 0.156 e. The third-order valence-corrected chi connectivity index (χ3v) is 3.73. The maximum atomic E-state index is 11.3. The Morgan fingerprint density at radius 2 is 2.08 bits per heavy atom. The molecule has 0 unspecified atom stereocenters.